The number of hydrogen-bond donors (Lipinski definition) is 0. The van der Waals surface area contributed by atoms with Crippen molar-refractivity contribution in [2.75, 3.05) is 13.1 Å². The highest BCUT2D eigenvalue weighted by Crippen LogP contribution is 2.21. The van der Waals surface area contributed by atoms with Gasteiger partial charge < -0.3 is 4.74 Å². The van der Waals surface area contributed by atoms with Crippen LogP contribution in [0.1, 0.15) is 25.0 Å². The number of rotatable bonds is 4. The summed E-state index contributed by atoms with van der Waals surface area (Å²) in [5.74, 6) is -0.349. The quantitative estimate of drug-likeness (QED) is 0.429. The Labute approximate surface area is 191 Å². The van der Waals surface area contributed by atoms with E-state index in [0.717, 1.165) is 36.1 Å². The average molecular weight is 502 g/mol. The van der Waals surface area contributed by atoms with Crippen molar-refractivity contribution in [1.82, 2.24) is 24.1 Å². The zero-order valence-corrected chi connectivity index (χ0v) is 19.3. The number of aromatic amines is 1. The number of aromatic nitrogens is 5. The molecule has 0 radical (unpaired) electrons. The van der Waals surface area contributed by atoms with Crippen LogP contribution < -0.4 is 10.7 Å². The molecule has 4 heterocycles. The van der Waals surface area contributed by atoms with E-state index in [0.29, 0.717) is 15.8 Å². The van der Waals surface area contributed by atoms with E-state index in [-0.39, 0.29) is 30.3 Å². The Morgan fingerprint density at radius 1 is 1.19 bits per heavy atom. The van der Waals surface area contributed by atoms with Gasteiger partial charge in [-0.1, -0.05) is 6.07 Å². The molecular formula is C22H23BrFN6O2+. The molecule has 1 aliphatic heterocycles. The van der Waals surface area contributed by atoms with Crippen molar-refractivity contribution in [3.05, 3.63) is 68.7 Å². The van der Waals surface area contributed by atoms with Crippen LogP contribution in [0.15, 0.2) is 46.1 Å². The predicted molar refractivity (Wildman–Crippen MR) is 120 cm³/mol. The number of morpholine rings is 1. The minimum Gasteiger partial charge on any atom is -0.373 e. The molecule has 5 rings (SSSR count). The average Bonchev–Trinajstić information content (AvgIpc) is 3.23. The van der Waals surface area contributed by atoms with E-state index < -0.39 is 0 Å². The molecule has 0 unspecified atom stereocenters. The van der Waals surface area contributed by atoms with E-state index >= 15 is 0 Å². The van der Waals surface area contributed by atoms with E-state index in [1.54, 1.807) is 16.7 Å². The number of nitrogens with one attached hydrogen (secondary N) is 1. The second-order valence-electron chi connectivity index (χ2n) is 8.33. The monoisotopic (exact) mass is 501 g/mol. The van der Waals surface area contributed by atoms with Gasteiger partial charge in [0.1, 0.15) is 5.82 Å². The third-order valence-corrected chi connectivity index (χ3v) is 6.27. The van der Waals surface area contributed by atoms with Crippen LogP contribution in [0.25, 0.3) is 16.7 Å². The number of H-pyrrole nitrogens is 1. The number of hydrogen-bond acceptors (Lipinski definition) is 5. The topological polar surface area (TPSA) is 78.8 Å². The molecule has 10 heteroatoms. The van der Waals surface area contributed by atoms with Crippen LogP contribution >= 0.6 is 15.9 Å². The zero-order chi connectivity index (χ0) is 22.4. The van der Waals surface area contributed by atoms with E-state index in [9.17, 15) is 9.18 Å². The number of ether oxygens (including phenoxy) is 1. The van der Waals surface area contributed by atoms with Gasteiger partial charge in [-0.25, -0.2) is 19.2 Å². The first kappa shape index (κ1) is 21.2. The first-order chi connectivity index (χ1) is 15.4. The zero-order valence-electron chi connectivity index (χ0n) is 17.8. The number of pyridine rings is 1. The Morgan fingerprint density at radius 2 is 1.97 bits per heavy atom. The SMILES string of the molecule is C[C@@H]1CN(Cc2cnc3c(c2)c2[nH+]cnn2c(=O)n3Cc2ccc(F)c(Br)c2)C[C@H](C)O1. The normalized spacial score (nSPS) is 19.8. The van der Waals surface area contributed by atoms with Gasteiger partial charge in [-0.3, -0.25) is 9.47 Å². The van der Waals surface area contributed by atoms with E-state index in [2.05, 4.69) is 55.8 Å². The molecule has 0 aliphatic carbocycles. The van der Waals surface area contributed by atoms with Gasteiger partial charge in [0.25, 0.3) is 12.0 Å². The summed E-state index contributed by atoms with van der Waals surface area (Å²) in [6, 6.07) is 6.76. The molecule has 3 aromatic heterocycles. The molecule has 0 spiro atoms. The van der Waals surface area contributed by atoms with Crippen LogP contribution in [-0.2, 0) is 17.8 Å². The molecule has 1 aromatic carbocycles. The molecule has 0 saturated carbocycles. The van der Waals surface area contributed by atoms with Gasteiger partial charge in [0, 0.05) is 30.9 Å². The van der Waals surface area contributed by atoms with Gasteiger partial charge in [-0.2, -0.15) is 0 Å². The molecule has 8 nitrogen and oxygen atoms in total. The number of benzene rings is 1. The third-order valence-electron chi connectivity index (χ3n) is 5.66. The van der Waals surface area contributed by atoms with Crippen molar-refractivity contribution >= 4 is 32.6 Å². The number of fused-ring (bicyclic) bond motifs is 3. The van der Waals surface area contributed by atoms with Gasteiger partial charge in [0.15, 0.2) is 5.65 Å². The Kier molecular flexibility index (Phi) is 5.52. The first-order valence-corrected chi connectivity index (χ1v) is 11.3. The molecule has 2 atom stereocenters. The molecular weight excluding hydrogens is 479 g/mol. The Hall–Kier alpha value is -2.69. The summed E-state index contributed by atoms with van der Waals surface area (Å²) in [7, 11) is 0. The minimum absolute atomic E-state index is 0.183. The maximum Gasteiger partial charge on any atom is 0.425 e. The molecule has 1 N–H and O–H groups in total. The van der Waals surface area contributed by atoms with Gasteiger partial charge >= 0.3 is 5.69 Å². The Bertz CT molecular complexity index is 1360. The van der Waals surface area contributed by atoms with E-state index in [4.69, 9.17) is 4.74 Å². The Balaban J connectivity index is 1.57. The molecule has 1 fully saturated rings. The van der Waals surface area contributed by atoms with Crippen molar-refractivity contribution in [3.63, 3.8) is 0 Å². The summed E-state index contributed by atoms with van der Waals surface area (Å²) in [5.41, 5.74) is 2.65. The summed E-state index contributed by atoms with van der Waals surface area (Å²) in [4.78, 5) is 23.2. The van der Waals surface area contributed by atoms with Crippen LogP contribution in [0.3, 0.4) is 0 Å². The molecule has 32 heavy (non-hydrogen) atoms. The molecule has 166 valence electrons. The van der Waals surface area contributed by atoms with E-state index in [1.165, 1.54) is 16.9 Å². The van der Waals surface area contributed by atoms with Crippen LogP contribution in [0.4, 0.5) is 4.39 Å². The summed E-state index contributed by atoms with van der Waals surface area (Å²) in [5, 5.41) is 4.97. The highest BCUT2D eigenvalue weighted by Gasteiger charge is 2.24. The standard InChI is InChI=1S/C22H22BrFN6O2/c1-13-8-28(9-14(2)32-13)10-16-5-17-20(25-7-16)29(22(31)30-21(17)26-12-27-30)11-15-3-4-19(24)18(23)6-15/h3-7,12-14H,8-11H2,1-2H3/p+1/t13-,14+. The lowest BCUT2D eigenvalue weighted by atomic mass is 10.1. The first-order valence-electron chi connectivity index (χ1n) is 10.5. The van der Waals surface area contributed by atoms with Crippen LogP contribution in [0.2, 0.25) is 0 Å². The summed E-state index contributed by atoms with van der Waals surface area (Å²) in [6.45, 7) is 6.86. The highest BCUT2D eigenvalue weighted by atomic mass is 79.9. The van der Waals surface area contributed by atoms with E-state index in [1.807, 2.05) is 6.20 Å². The lowest BCUT2D eigenvalue weighted by Crippen LogP contribution is -2.44. The second kappa shape index (κ2) is 8.34. The van der Waals surface area contributed by atoms with Crippen LogP contribution in [-0.4, -0.2) is 49.4 Å². The summed E-state index contributed by atoms with van der Waals surface area (Å²) in [6.07, 6.45) is 3.67. The van der Waals surface area contributed by atoms with Crippen molar-refractivity contribution in [2.24, 2.45) is 0 Å². The minimum atomic E-state index is -0.349. The summed E-state index contributed by atoms with van der Waals surface area (Å²) >= 11 is 3.21. The second-order valence-corrected chi connectivity index (χ2v) is 9.19. The molecule has 4 aromatic rings. The largest absolute Gasteiger partial charge is 0.425 e. The van der Waals surface area contributed by atoms with Crippen LogP contribution in [0.5, 0.6) is 0 Å². The molecule has 1 aliphatic rings. The van der Waals surface area contributed by atoms with Crippen molar-refractivity contribution in [3.8, 4) is 0 Å². The highest BCUT2D eigenvalue weighted by molar-refractivity contribution is 9.10. The number of halogens is 2. The summed E-state index contributed by atoms with van der Waals surface area (Å²) < 4.78 is 22.7. The fourth-order valence-electron chi connectivity index (χ4n) is 4.42. The number of nitrogens with zero attached hydrogens (tertiary/aromatic N) is 5. The van der Waals surface area contributed by atoms with Gasteiger partial charge in [0.05, 0.1) is 28.6 Å². The smallest absolute Gasteiger partial charge is 0.373 e. The van der Waals surface area contributed by atoms with Crippen molar-refractivity contribution in [1.29, 1.82) is 0 Å². The maximum atomic E-state index is 13.7. The third kappa shape index (κ3) is 3.94. The van der Waals surface area contributed by atoms with Crippen molar-refractivity contribution < 1.29 is 14.1 Å². The fraction of sp³-hybridized carbons (Fsp3) is 0.364. The predicted octanol–water partition coefficient (Wildman–Crippen LogP) is 2.42. The fourth-order valence-corrected chi connectivity index (χ4v) is 4.85. The van der Waals surface area contributed by atoms with Crippen molar-refractivity contribution in [2.45, 2.75) is 39.1 Å². The lowest BCUT2D eigenvalue weighted by molar-refractivity contribution is -0.345. The molecule has 1 saturated heterocycles. The Morgan fingerprint density at radius 3 is 2.72 bits per heavy atom. The van der Waals surface area contributed by atoms with Gasteiger partial charge in [0.2, 0.25) is 0 Å². The lowest BCUT2D eigenvalue weighted by Gasteiger charge is -2.35. The van der Waals surface area contributed by atoms with Gasteiger partial charge in [-0.05, 0) is 63.6 Å². The van der Waals surface area contributed by atoms with Gasteiger partial charge in [-0.15, -0.1) is 0 Å². The molecule has 0 bridgehead atoms. The van der Waals surface area contributed by atoms with Crippen LogP contribution in [0, 0.1) is 5.82 Å². The maximum absolute atomic E-state index is 13.7. The molecule has 0 amide bonds.